The lowest BCUT2D eigenvalue weighted by atomic mass is 10.2. The molecule has 0 bridgehead atoms. The van der Waals surface area contributed by atoms with Crippen LogP contribution in [-0.4, -0.2) is 56.2 Å². The summed E-state index contributed by atoms with van der Waals surface area (Å²) in [7, 11) is -3.12. The van der Waals surface area contributed by atoms with Crippen LogP contribution in [0.3, 0.4) is 0 Å². The molecule has 98 valence electrons. The van der Waals surface area contributed by atoms with Crippen molar-refractivity contribution in [1.82, 2.24) is 5.32 Å². The van der Waals surface area contributed by atoms with Crippen LogP contribution < -0.4 is 5.32 Å². The van der Waals surface area contributed by atoms with Crippen molar-refractivity contribution in [2.45, 2.75) is 25.0 Å². The summed E-state index contributed by atoms with van der Waals surface area (Å²) in [6, 6.07) is 0. The van der Waals surface area contributed by atoms with E-state index in [4.69, 9.17) is 9.84 Å². The highest BCUT2D eigenvalue weighted by molar-refractivity contribution is 7.90. The summed E-state index contributed by atoms with van der Waals surface area (Å²) in [5, 5.41) is 11.1. The molecule has 7 nitrogen and oxygen atoms in total. The number of aliphatic carboxylic acids is 1. The van der Waals surface area contributed by atoms with Gasteiger partial charge in [0.2, 0.25) is 5.91 Å². The quantitative estimate of drug-likeness (QED) is 0.644. The SMILES string of the molecule is CS(=O)(=O)CCNC(=O)C1CCC(C(=O)O)O1. The standard InChI is InChI=1S/C9H15NO6S/c1-17(14,15)5-4-10-8(11)6-2-3-7(16-6)9(12)13/h6-7H,2-5H2,1H3,(H,10,11)(H,12,13). The molecule has 0 aromatic heterocycles. The first-order valence-electron chi connectivity index (χ1n) is 5.13. The van der Waals surface area contributed by atoms with Crippen molar-refractivity contribution >= 4 is 21.7 Å². The smallest absolute Gasteiger partial charge is 0.332 e. The second kappa shape index (κ2) is 5.46. The van der Waals surface area contributed by atoms with Gasteiger partial charge in [-0.2, -0.15) is 0 Å². The molecule has 2 atom stereocenters. The van der Waals surface area contributed by atoms with Crippen molar-refractivity contribution in [2.24, 2.45) is 0 Å². The van der Waals surface area contributed by atoms with Crippen molar-refractivity contribution in [3.8, 4) is 0 Å². The molecule has 0 saturated carbocycles. The Bertz CT molecular complexity index is 404. The number of ether oxygens (including phenoxy) is 1. The van der Waals surface area contributed by atoms with Crippen LogP contribution in [-0.2, 0) is 24.2 Å². The van der Waals surface area contributed by atoms with E-state index in [1.165, 1.54) is 0 Å². The fourth-order valence-electron chi connectivity index (χ4n) is 1.49. The van der Waals surface area contributed by atoms with E-state index in [-0.39, 0.29) is 12.3 Å². The Kier molecular flexibility index (Phi) is 4.47. The predicted octanol–water partition coefficient (Wildman–Crippen LogP) is -1.22. The molecule has 8 heteroatoms. The highest BCUT2D eigenvalue weighted by Gasteiger charge is 2.34. The van der Waals surface area contributed by atoms with Crippen LogP contribution in [0.2, 0.25) is 0 Å². The third-order valence-corrected chi connectivity index (χ3v) is 3.31. The highest BCUT2D eigenvalue weighted by Crippen LogP contribution is 2.19. The minimum absolute atomic E-state index is 0.00919. The topological polar surface area (TPSA) is 110 Å². The maximum absolute atomic E-state index is 11.5. The van der Waals surface area contributed by atoms with Gasteiger partial charge in [-0.25, -0.2) is 13.2 Å². The van der Waals surface area contributed by atoms with Gasteiger partial charge in [0.15, 0.2) is 6.10 Å². The minimum Gasteiger partial charge on any atom is -0.479 e. The Labute approximate surface area is 99.1 Å². The largest absolute Gasteiger partial charge is 0.479 e. The summed E-state index contributed by atoms with van der Waals surface area (Å²) in [6.45, 7) is 0.00919. The van der Waals surface area contributed by atoms with Crippen LogP contribution in [0.5, 0.6) is 0 Å². The minimum atomic E-state index is -3.12. The van der Waals surface area contributed by atoms with E-state index in [1.54, 1.807) is 0 Å². The molecular weight excluding hydrogens is 250 g/mol. The molecule has 0 spiro atoms. The van der Waals surface area contributed by atoms with Crippen LogP contribution >= 0.6 is 0 Å². The fourth-order valence-corrected chi connectivity index (χ4v) is 1.96. The van der Waals surface area contributed by atoms with Gasteiger partial charge in [0.1, 0.15) is 15.9 Å². The third kappa shape index (κ3) is 4.70. The third-order valence-electron chi connectivity index (χ3n) is 2.36. The van der Waals surface area contributed by atoms with E-state index in [0.717, 1.165) is 6.26 Å². The van der Waals surface area contributed by atoms with E-state index in [9.17, 15) is 18.0 Å². The van der Waals surface area contributed by atoms with Gasteiger partial charge in [0.25, 0.3) is 0 Å². The second-order valence-electron chi connectivity index (χ2n) is 3.95. The first kappa shape index (κ1) is 13.9. The Morgan fingerprint density at radius 1 is 1.35 bits per heavy atom. The van der Waals surface area contributed by atoms with Crippen molar-refractivity contribution in [3.05, 3.63) is 0 Å². The lowest BCUT2D eigenvalue weighted by Crippen LogP contribution is -2.37. The van der Waals surface area contributed by atoms with Crippen molar-refractivity contribution < 1.29 is 27.9 Å². The number of amides is 1. The molecule has 2 unspecified atom stereocenters. The Hall–Kier alpha value is -1.15. The van der Waals surface area contributed by atoms with Gasteiger partial charge < -0.3 is 15.2 Å². The van der Waals surface area contributed by atoms with Gasteiger partial charge in [0.05, 0.1) is 5.75 Å². The lowest BCUT2D eigenvalue weighted by Gasteiger charge is -2.11. The number of sulfone groups is 1. The monoisotopic (exact) mass is 265 g/mol. The molecule has 1 aliphatic heterocycles. The first-order chi connectivity index (χ1) is 7.79. The van der Waals surface area contributed by atoms with Gasteiger partial charge >= 0.3 is 5.97 Å². The molecule has 1 rings (SSSR count). The molecule has 1 saturated heterocycles. The number of carboxylic acid groups (broad SMARTS) is 1. The zero-order valence-corrected chi connectivity index (χ0v) is 10.2. The van der Waals surface area contributed by atoms with E-state index in [2.05, 4.69) is 5.32 Å². The average Bonchev–Trinajstić information content (AvgIpc) is 2.63. The molecular formula is C9H15NO6S. The molecule has 1 amide bonds. The number of rotatable bonds is 5. The van der Waals surface area contributed by atoms with Gasteiger partial charge in [-0.05, 0) is 12.8 Å². The van der Waals surface area contributed by atoms with Crippen LogP contribution in [0.25, 0.3) is 0 Å². The van der Waals surface area contributed by atoms with Crippen LogP contribution in [0.15, 0.2) is 0 Å². The van der Waals surface area contributed by atoms with E-state index < -0.39 is 33.9 Å². The molecule has 1 aliphatic rings. The summed E-state index contributed by atoms with van der Waals surface area (Å²) in [5.41, 5.74) is 0. The molecule has 0 aliphatic carbocycles. The molecule has 1 heterocycles. The van der Waals surface area contributed by atoms with Crippen molar-refractivity contribution in [2.75, 3.05) is 18.6 Å². The van der Waals surface area contributed by atoms with E-state index in [1.807, 2.05) is 0 Å². The zero-order chi connectivity index (χ0) is 13.1. The molecule has 2 N–H and O–H groups in total. The highest BCUT2D eigenvalue weighted by atomic mass is 32.2. The number of carbonyl (C=O) groups is 2. The van der Waals surface area contributed by atoms with Crippen LogP contribution in [0.4, 0.5) is 0 Å². The van der Waals surface area contributed by atoms with Crippen molar-refractivity contribution in [1.29, 1.82) is 0 Å². The number of carbonyl (C=O) groups excluding carboxylic acids is 1. The lowest BCUT2D eigenvalue weighted by molar-refractivity contribution is -0.151. The van der Waals surface area contributed by atoms with Crippen LogP contribution in [0.1, 0.15) is 12.8 Å². The van der Waals surface area contributed by atoms with E-state index in [0.29, 0.717) is 12.8 Å². The zero-order valence-electron chi connectivity index (χ0n) is 9.38. The average molecular weight is 265 g/mol. The summed E-state index contributed by atoms with van der Waals surface area (Å²) < 4.78 is 26.6. The van der Waals surface area contributed by atoms with Gasteiger partial charge in [-0.3, -0.25) is 4.79 Å². The Morgan fingerprint density at radius 2 is 1.94 bits per heavy atom. The molecule has 0 aromatic rings. The van der Waals surface area contributed by atoms with Gasteiger partial charge in [0, 0.05) is 12.8 Å². The number of nitrogens with one attached hydrogen (secondary N) is 1. The summed E-state index contributed by atoms with van der Waals surface area (Å²) >= 11 is 0. The summed E-state index contributed by atoms with van der Waals surface area (Å²) in [4.78, 5) is 22.1. The fraction of sp³-hybridized carbons (Fsp3) is 0.778. The Morgan fingerprint density at radius 3 is 2.41 bits per heavy atom. The predicted molar refractivity (Wildman–Crippen MR) is 58.3 cm³/mol. The maximum Gasteiger partial charge on any atom is 0.332 e. The normalized spacial score (nSPS) is 24.5. The molecule has 0 radical (unpaired) electrons. The van der Waals surface area contributed by atoms with Gasteiger partial charge in [-0.15, -0.1) is 0 Å². The first-order valence-corrected chi connectivity index (χ1v) is 7.19. The number of hydrogen-bond acceptors (Lipinski definition) is 5. The Balaban J connectivity index is 2.33. The number of hydrogen-bond donors (Lipinski definition) is 2. The van der Waals surface area contributed by atoms with Crippen LogP contribution in [0, 0.1) is 0 Å². The second-order valence-corrected chi connectivity index (χ2v) is 6.21. The van der Waals surface area contributed by atoms with Gasteiger partial charge in [-0.1, -0.05) is 0 Å². The van der Waals surface area contributed by atoms with E-state index >= 15 is 0 Å². The molecule has 0 aromatic carbocycles. The maximum atomic E-state index is 11.5. The summed E-state index contributed by atoms with van der Waals surface area (Å²) in [5.74, 6) is -1.69. The molecule has 1 fully saturated rings. The van der Waals surface area contributed by atoms with Crippen molar-refractivity contribution in [3.63, 3.8) is 0 Å². The number of carboxylic acids is 1. The summed E-state index contributed by atoms with van der Waals surface area (Å²) in [6.07, 6.45) is -0.0383. The molecule has 17 heavy (non-hydrogen) atoms.